The maximum atomic E-state index is 12.8. The Balaban J connectivity index is 1.39. The summed E-state index contributed by atoms with van der Waals surface area (Å²) in [5.74, 6) is -0.141. The first-order valence-electron chi connectivity index (χ1n) is 9.96. The first-order chi connectivity index (χ1) is 15.4. The van der Waals surface area contributed by atoms with Gasteiger partial charge in [0.15, 0.2) is 0 Å². The number of aromatic nitrogens is 1. The minimum Gasteiger partial charge on any atom is -0.322 e. The fourth-order valence-corrected chi connectivity index (χ4v) is 6.36. The summed E-state index contributed by atoms with van der Waals surface area (Å²) >= 11 is 8.08. The number of thiophene rings is 1. The highest BCUT2D eigenvalue weighted by Gasteiger charge is 2.28. The lowest BCUT2D eigenvalue weighted by Gasteiger charge is -2.17. The Hall–Kier alpha value is -2.94. The van der Waals surface area contributed by atoms with Crippen LogP contribution in [-0.4, -0.2) is 31.6 Å². The Kier molecular flexibility index (Phi) is 5.36. The predicted molar refractivity (Wildman–Crippen MR) is 130 cm³/mol. The van der Waals surface area contributed by atoms with E-state index in [0.717, 1.165) is 21.3 Å². The van der Waals surface area contributed by atoms with E-state index < -0.39 is 10.0 Å². The number of carbonyl (C=O) groups excluding carboxylic acids is 1. The molecule has 162 valence electrons. The molecule has 1 aliphatic rings. The maximum Gasteiger partial charge on any atom is 0.255 e. The molecule has 9 heteroatoms. The van der Waals surface area contributed by atoms with E-state index in [1.54, 1.807) is 53.9 Å². The van der Waals surface area contributed by atoms with Crippen molar-refractivity contribution in [2.75, 3.05) is 21.9 Å². The highest BCUT2D eigenvalue weighted by Crippen LogP contribution is 2.35. The van der Waals surface area contributed by atoms with E-state index in [0.29, 0.717) is 34.9 Å². The van der Waals surface area contributed by atoms with E-state index >= 15 is 0 Å². The van der Waals surface area contributed by atoms with Gasteiger partial charge in [0, 0.05) is 39.6 Å². The second-order valence-corrected chi connectivity index (χ2v) is 10.8. The number of rotatable bonds is 4. The fourth-order valence-electron chi connectivity index (χ4n) is 3.81. The second-order valence-electron chi connectivity index (χ2n) is 7.43. The largest absolute Gasteiger partial charge is 0.322 e. The summed E-state index contributed by atoms with van der Waals surface area (Å²) in [6, 6.07) is 15.8. The molecule has 0 aliphatic carbocycles. The zero-order chi connectivity index (χ0) is 22.3. The first-order valence-corrected chi connectivity index (χ1v) is 12.8. The summed E-state index contributed by atoms with van der Waals surface area (Å²) in [7, 11) is -3.25. The van der Waals surface area contributed by atoms with Gasteiger partial charge in [-0.05, 0) is 66.4 Å². The van der Waals surface area contributed by atoms with Crippen molar-refractivity contribution in [2.24, 2.45) is 0 Å². The summed E-state index contributed by atoms with van der Waals surface area (Å²) in [5.41, 5.74) is 3.10. The highest BCUT2D eigenvalue weighted by atomic mass is 35.5. The molecule has 1 fully saturated rings. The van der Waals surface area contributed by atoms with Gasteiger partial charge in [-0.25, -0.2) is 8.42 Å². The molecule has 0 saturated carbocycles. The van der Waals surface area contributed by atoms with E-state index in [4.69, 9.17) is 11.6 Å². The van der Waals surface area contributed by atoms with Crippen molar-refractivity contribution in [3.8, 4) is 11.3 Å². The van der Waals surface area contributed by atoms with Gasteiger partial charge in [0.2, 0.25) is 10.0 Å². The van der Waals surface area contributed by atoms with E-state index in [1.165, 1.54) is 4.31 Å². The van der Waals surface area contributed by atoms with Crippen LogP contribution in [0, 0.1) is 0 Å². The minimum absolute atomic E-state index is 0.155. The number of nitrogens with one attached hydrogen (secondary N) is 1. The van der Waals surface area contributed by atoms with Gasteiger partial charge in [-0.15, -0.1) is 11.3 Å². The second kappa shape index (κ2) is 8.20. The van der Waals surface area contributed by atoms with Crippen molar-refractivity contribution in [3.05, 3.63) is 76.8 Å². The van der Waals surface area contributed by atoms with Gasteiger partial charge in [0.25, 0.3) is 5.91 Å². The van der Waals surface area contributed by atoms with Crippen molar-refractivity contribution >= 4 is 60.3 Å². The Morgan fingerprint density at radius 1 is 1.09 bits per heavy atom. The third-order valence-corrected chi connectivity index (χ3v) is 8.46. The fraction of sp³-hybridized carbons (Fsp3) is 0.130. The summed E-state index contributed by atoms with van der Waals surface area (Å²) in [4.78, 5) is 17.3. The van der Waals surface area contributed by atoms with E-state index in [2.05, 4.69) is 10.3 Å². The van der Waals surface area contributed by atoms with Crippen LogP contribution in [0.1, 0.15) is 16.8 Å². The summed E-state index contributed by atoms with van der Waals surface area (Å²) in [6.45, 7) is 0.465. The Bertz CT molecular complexity index is 1430. The van der Waals surface area contributed by atoms with Crippen LogP contribution < -0.4 is 9.62 Å². The topological polar surface area (TPSA) is 79.4 Å². The number of nitrogens with zero attached hydrogens (tertiary/aromatic N) is 2. The molecule has 0 bridgehead atoms. The molecule has 1 saturated heterocycles. The maximum absolute atomic E-state index is 12.8. The third-order valence-electron chi connectivity index (χ3n) is 5.38. The molecular formula is C23H18ClN3O3S2. The van der Waals surface area contributed by atoms with Gasteiger partial charge in [0.05, 0.1) is 22.2 Å². The Labute approximate surface area is 194 Å². The molecule has 2 aromatic heterocycles. The van der Waals surface area contributed by atoms with Crippen molar-refractivity contribution in [3.63, 3.8) is 0 Å². The molecule has 5 rings (SSSR count). The molecule has 0 atom stereocenters. The molecule has 3 heterocycles. The SMILES string of the molecule is O=C(Nc1ccc(Cl)c(-c2nccc3sccc23)c1)c1ccc(N2CCCS2(=O)=O)cc1. The number of carbonyl (C=O) groups is 1. The number of halogens is 1. The molecule has 0 radical (unpaired) electrons. The number of sulfonamides is 1. The monoisotopic (exact) mass is 483 g/mol. The van der Waals surface area contributed by atoms with Gasteiger partial charge in [-0.3, -0.25) is 14.1 Å². The number of fused-ring (bicyclic) bond motifs is 1. The van der Waals surface area contributed by atoms with Gasteiger partial charge in [-0.2, -0.15) is 0 Å². The van der Waals surface area contributed by atoms with Crippen molar-refractivity contribution in [2.45, 2.75) is 6.42 Å². The molecule has 0 spiro atoms. The molecular weight excluding hydrogens is 466 g/mol. The average molecular weight is 484 g/mol. The zero-order valence-electron chi connectivity index (χ0n) is 16.8. The lowest BCUT2D eigenvalue weighted by molar-refractivity contribution is 0.102. The van der Waals surface area contributed by atoms with Crippen molar-refractivity contribution < 1.29 is 13.2 Å². The zero-order valence-corrected chi connectivity index (χ0v) is 19.2. The molecule has 4 aromatic rings. The highest BCUT2D eigenvalue weighted by molar-refractivity contribution is 7.93. The van der Waals surface area contributed by atoms with Gasteiger partial charge < -0.3 is 5.32 Å². The average Bonchev–Trinajstić information content (AvgIpc) is 3.41. The molecule has 1 N–H and O–H groups in total. The molecule has 32 heavy (non-hydrogen) atoms. The van der Waals surface area contributed by atoms with Crippen LogP contribution in [0.5, 0.6) is 0 Å². The third kappa shape index (κ3) is 3.85. The van der Waals surface area contributed by atoms with Crippen molar-refractivity contribution in [1.29, 1.82) is 0 Å². The van der Waals surface area contributed by atoms with Crippen LogP contribution in [0.15, 0.2) is 66.2 Å². The van der Waals surface area contributed by atoms with E-state index in [9.17, 15) is 13.2 Å². The smallest absolute Gasteiger partial charge is 0.255 e. The summed E-state index contributed by atoms with van der Waals surface area (Å²) in [6.07, 6.45) is 2.36. The van der Waals surface area contributed by atoms with Crippen LogP contribution in [0.3, 0.4) is 0 Å². The lowest BCUT2D eigenvalue weighted by Crippen LogP contribution is -2.25. The predicted octanol–water partition coefficient (Wildman–Crippen LogP) is 5.41. The quantitative estimate of drug-likeness (QED) is 0.421. The molecule has 0 unspecified atom stereocenters. The minimum atomic E-state index is -3.25. The molecule has 2 aromatic carbocycles. The van der Waals surface area contributed by atoms with Crippen LogP contribution in [0.2, 0.25) is 5.02 Å². The van der Waals surface area contributed by atoms with Crippen LogP contribution in [0.25, 0.3) is 21.3 Å². The summed E-state index contributed by atoms with van der Waals surface area (Å²) < 4.78 is 26.7. The van der Waals surface area contributed by atoms with E-state index in [1.807, 2.05) is 23.6 Å². The van der Waals surface area contributed by atoms with Crippen LogP contribution in [0.4, 0.5) is 11.4 Å². The van der Waals surface area contributed by atoms with Gasteiger partial charge in [0.1, 0.15) is 0 Å². The van der Waals surface area contributed by atoms with Crippen molar-refractivity contribution in [1.82, 2.24) is 4.98 Å². The number of pyridine rings is 1. The standard InChI is InChI=1S/C23H18ClN3O3S2/c24-20-7-4-16(14-19(20)22-18-9-12-31-21(18)8-10-25-22)26-23(28)15-2-5-17(6-3-15)27-11-1-13-32(27,29)30/h2-10,12,14H,1,11,13H2,(H,26,28). The number of benzene rings is 2. The number of hydrogen-bond acceptors (Lipinski definition) is 5. The molecule has 6 nitrogen and oxygen atoms in total. The summed E-state index contributed by atoms with van der Waals surface area (Å²) in [5, 5.41) is 6.45. The number of anilines is 2. The molecule has 1 aliphatic heterocycles. The Morgan fingerprint density at radius 3 is 2.66 bits per heavy atom. The van der Waals surface area contributed by atoms with E-state index in [-0.39, 0.29) is 11.7 Å². The lowest BCUT2D eigenvalue weighted by atomic mass is 10.1. The molecule has 1 amide bonds. The number of amides is 1. The van der Waals surface area contributed by atoms with Crippen LogP contribution >= 0.6 is 22.9 Å². The van der Waals surface area contributed by atoms with Gasteiger partial charge in [-0.1, -0.05) is 11.6 Å². The Morgan fingerprint density at radius 2 is 1.91 bits per heavy atom. The number of hydrogen-bond donors (Lipinski definition) is 1. The van der Waals surface area contributed by atoms with Gasteiger partial charge >= 0.3 is 0 Å². The first kappa shape index (κ1) is 20.9. The van der Waals surface area contributed by atoms with Crippen LogP contribution in [-0.2, 0) is 10.0 Å². The normalized spacial score (nSPS) is 15.2.